The predicted molar refractivity (Wildman–Crippen MR) is 44.2 cm³/mol. The van der Waals surface area contributed by atoms with Gasteiger partial charge in [-0.2, -0.15) is 0 Å². The number of ether oxygens (including phenoxy) is 1. The Kier molecular flexibility index (Phi) is 4.80. The van der Waals surface area contributed by atoms with Crippen LogP contribution in [0.3, 0.4) is 0 Å². The van der Waals surface area contributed by atoms with E-state index in [0.29, 0.717) is 13.2 Å². The molecule has 5 nitrogen and oxygen atoms in total. The molecule has 0 heterocycles. The van der Waals surface area contributed by atoms with Gasteiger partial charge >= 0.3 is 0 Å². The minimum Gasteiger partial charge on any atom is -0.382 e. The lowest BCUT2D eigenvalue weighted by molar-refractivity contribution is -0.139. The maximum absolute atomic E-state index is 11.0. The van der Waals surface area contributed by atoms with Gasteiger partial charge in [0.1, 0.15) is 0 Å². The zero-order valence-corrected chi connectivity index (χ0v) is 7.72. The average molecular weight is 176 g/mol. The van der Waals surface area contributed by atoms with Gasteiger partial charge in [-0.05, 0) is 13.8 Å². The topological polar surface area (TPSA) is 73.6 Å². The van der Waals surface area contributed by atoms with E-state index in [-0.39, 0.29) is 5.91 Å². The lowest BCUT2D eigenvalue weighted by atomic mass is 10.1. The third-order valence-corrected chi connectivity index (χ3v) is 1.14. The largest absolute Gasteiger partial charge is 0.382 e. The second-order valence-electron chi connectivity index (χ2n) is 2.99. The Hall–Kier alpha value is -0.650. The predicted octanol–water partition coefficient (Wildman–Crippen LogP) is -0.582. The van der Waals surface area contributed by atoms with Crippen LogP contribution in [0.15, 0.2) is 0 Å². The van der Waals surface area contributed by atoms with E-state index in [1.165, 1.54) is 0 Å². The number of hydrogen-bond donors (Lipinski definition) is 2. The van der Waals surface area contributed by atoms with Crippen LogP contribution in [0, 0.1) is 0 Å². The molecule has 0 unspecified atom stereocenters. The summed E-state index contributed by atoms with van der Waals surface area (Å²) in [6.07, 6.45) is 0. The van der Waals surface area contributed by atoms with Gasteiger partial charge in [0, 0.05) is 7.11 Å². The van der Waals surface area contributed by atoms with Gasteiger partial charge in [0.2, 0.25) is 0 Å². The van der Waals surface area contributed by atoms with Crippen molar-refractivity contribution in [3.05, 3.63) is 0 Å². The Morgan fingerprint density at radius 3 is 2.50 bits per heavy atom. The van der Waals surface area contributed by atoms with E-state index in [0.717, 1.165) is 0 Å². The van der Waals surface area contributed by atoms with Gasteiger partial charge in [0.05, 0.1) is 18.8 Å². The molecule has 3 N–H and O–H groups in total. The van der Waals surface area contributed by atoms with E-state index in [1.54, 1.807) is 21.0 Å². The van der Waals surface area contributed by atoms with E-state index in [2.05, 4.69) is 5.48 Å². The van der Waals surface area contributed by atoms with Crippen molar-refractivity contribution in [1.82, 2.24) is 5.48 Å². The zero-order valence-electron chi connectivity index (χ0n) is 7.72. The first-order valence-electron chi connectivity index (χ1n) is 3.68. The first-order chi connectivity index (χ1) is 5.48. The lowest BCUT2D eigenvalue weighted by Gasteiger charge is -2.16. The highest BCUT2D eigenvalue weighted by atomic mass is 16.7. The molecule has 0 fully saturated rings. The molecule has 0 saturated carbocycles. The quantitative estimate of drug-likeness (QED) is 0.434. The molecular formula is C7H16N2O3. The summed E-state index contributed by atoms with van der Waals surface area (Å²) in [5.74, 6) is -0.349. The normalized spacial score (nSPS) is 11.3. The van der Waals surface area contributed by atoms with Crippen molar-refractivity contribution in [2.45, 2.75) is 19.4 Å². The fraction of sp³-hybridized carbons (Fsp3) is 0.857. The van der Waals surface area contributed by atoms with Crippen molar-refractivity contribution in [3.8, 4) is 0 Å². The van der Waals surface area contributed by atoms with Crippen LogP contribution >= 0.6 is 0 Å². The average Bonchev–Trinajstić information content (AvgIpc) is 1.96. The van der Waals surface area contributed by atoms with Gasteiger partial charge in [0.15, 0.2) is 0 Å². The SMILES string of the molecule is COCCONC(=O)C(C)(C)N. The summed E-state index contributed by atoms with van der Waals surface area (Å²) in [5.41, 5.74) is 6.77. The van der Waals surface area contributed by atoms with E-state index in [9.17, 15) is 4.79 Å². The maximum Gasteiger partial charge on any atom is 0.263 e. The second kappa shape index (κ2) is 5.08. The van der Waals surface area contributed by atoms with Gasteiger partial charge in [-0.15, -0.1) is 0 Å². The molecule has 0 aliphatic heterocycles. The summed E-state index contributed by atoms with van der Waals surface area (Å²) in [6.45, 7) is 3.95. The minimum atomic E-state index is -0.910. The highest BCUT2D eigenvalue weighted by Crippen LogP contribution is 1.94. The molecule has 0 aliphatic rings. The summed E-state index contributed by atoms with van der Waals surface area (Å²) in [6, 6.07) is 0. The summed E-state index contributed by atoms with van der Waals surface area (Å²) in [7, 11) is 1.55. The Balaban J connectivity index is 3.45. The monoisotopic (exact) mass is 176 g/mol. The van der Waals surface area contributed by atoms with E-state index < -0.39 is 5.54 Å². The fourth-order valence-corrected chi connectivity index (χ4v) is 0.373. The number of rotatable bonds is 5. The molecule has 0 aliphatic carbocycles. The molecule has 0 aromatic heterocycles. The molecule has 0 rings (SSSR count). The standard InChI is InChI=1S/C7H16N2O3/c1-7(2,8)6(10)9-12-5-4-11-3/h4-5,8H2,1-3H3,(H,9,10). The summed E-state index contributed by atoms with van der Waals surface area (Å²) in [5, 5.41) is 0. The van der Waals surface area contributed by atoms with Crippen LogP contribution in [0.5, 0.6) is 0 Å². The molecule has 5 heteroatoms. The second-order valence-corrected chi connectivity index (χ2v) is 2.99. The number of methoxy groups -OCH3 is 1. The first kappa shape index (κ1) is 11.4. The molecule has 1 amide bonds. The molecule has 72 valence electrons. The molecule has 0 aromatic rings. The van der Waals surface area contributed by atoms with Crippen LogP contribution in [0.2, 0.25) is 0 Å². The van der Waals surface area contributed by atoms with E-state index in [4.69, 9.17) is 15.3 Å². The smallest absolute Gasteiger partial charge is 0.263 e. The van der Waals surface area contributed by atoms with Crippen LogP contribution in [0.25, 0.3) is 0 Å². The Morgan fingerprint density at radius 2 is 2.08 bits per heavy atom. The number of hydrogen-bond acceptors (Lipinski definition) is 4. The Bertz CT molecular complexity index is 142. The molecule has 0 bridgehead atoms. The van der Waals surface area contributed by atoms with Crippen molar-refractivity contribution in [2.24, 2.45) is 5.73 Å². The van der Waals surface area contributed by atoms with E-state index in [1.807, 2.05) is 0 Å². The highest BCUT2D eigenvalue weighted by molar-refractivity contribution is 5.84. The lowest BCUT2D eigenvalue weighted by Crippen LogP contribution is -2.49. The van der Waals surface area contributed by atoms with Gasteiger partial charge in [-0.1, -0.05) is 0 Å². The number of nitrogens with one attached hydrogen (secondary N) is 1. The van der Waals surface area contributed by atoms with Gasteiger partial charge in [-0.25, -0.2) is 5.48 Å². The third kappa shape index (κ3) is 5.06. The number of carbonyl (C=O) groups excluding carboxylic acids is 1. The van der Waals surface area contributed by atoms with Crippen molar-refractivity contribution >= 4 is 5.91 Å². The van der Waals surface area contributed by atoms with Gasteiger partial charge in [-0.3, -0.25) is 9.63 Å². The fourth-order valence-electron chi connectivity index (χ4n) is 0.373. The number of amides is 1. The van der Waals surface area contributed by atoms with E-state index >= 15 is 0 Å². The molecule has 0 aromatic carbocycles. The van der Waals surface area contributed by atoms with Gasteiger partial charge < -0.3 is 10.5 Å². The third-order valence-electron chi connectivity index (χ3n) is 1.14. The van der Waals surface area contributed by atoms with Crippen molar-refractivity contribution in [2.75, 3.05) is 20.3 Å². The number of carbonyl (C=O) groups is 1. The van der Waals surface area contributed by atoms with Crippen LogP contribution in [-0.2, 0) is 14.4 Å². The molecule has 0 atom stereocenters. The maximum atomic E-state index is 11.0. The van der Waals surface area contributed by atoms with Crippen molar-refractivity contribution in [3.63, 3.8) is 0 Å². The minimum absolute atomic E-state index is 0.318. The number of nitrogens with two attached hydrogens (primary N) is 1. The Morgan fingerprint density at radius 1 is 1.50 bits per heavy atom. The first-order valence-corrected chi connectivity index (χ1v) is 3.68. The Labute approximate surface area is 72.2 Å². The van der Waals surface area contributed by atoms with Crippen LogP contribution in [0.4, 0.5) is 0 Å². The van der Waals surface area contributed by atoms with Crippen LogP contribution in [-0.4, -0.2) is 31.8 Å². The molecule has 0 radical (unpaired) electrons. The summed E-state index contributed by atoms with van der Waals surface area (Å²) < 4.78 is 4.70. The molecule has 0 spiro atoms. The zero-order chi connectivity index (χ0) is 9.61. The molecule has 0 saturated heterocycles. The van der Waals surface area contributed by atoms with Crippen molar-refractivity contribution < 1.29 is 14.4 Å². The summed E-state index contributed by atoms with van der Waals surface area (Å²) >= 11 is 0. The molecule has 12 heavy (non-hydrogen) atoms. The molecular weight excluding hydrogens is 160 g/mol. The van der Waals surface area contributed by atoms with Gasteiger partial charge in [0.25, 0.3) is 5.91 Å². The van der Waals surface area contributed by atoms with Crippen molar-refractivity contribution in [1.29, 1.82) is 0 Å². The number of hydroxylamine groups is 1. The van der Waals surface area contributed by atoms with Crippen LogP contribution in [0.1, 0.15) is 13.8 Å². The highest BCUT2D eigenvalue weighted by Gasteiger charge is 2.21. The van der Waals surface area contributed by atoms with Crippen LogP contribution < -0.4 is 11.2 Å². The summed E-state index contributed by atoms with van der Waals surface area (Å²) in [4.78, 5) is 15.8.